The van der Waals surface area contributed by atoms with E-state index in [1.165, 1.54) is 9.78 Å². The van der Waals surface area contributed by atoms with Crippen molar-refractivity contribution in [3.05, 3.63) is 50.7 Å². The maximum Gasteiger partial charge on any atom is 0.299 e. The number of thiophene rings is 1. The lowest BCUT2D eigenvalue weighted by Crippen LogP contribution is -2.28. The van der Waals surface area contributed by atoms with Gasteiger partial charge >= 0.3 is 0 Å². The molecule has 0 atom stereocenters. The van der Waals surface area contributed by atoms with Gasteiger partial charge in [-0.1, -0.05) is 24.6 Å². The van der Waals surface area contributed by atoms with Crippen molar-refractivity contribution in [3.8, 4) is 0 Å². The van der Waals surface area contributed by atoms with Gasteiger partial charge in [0.15, 0.2) is 0 Å². The van der Waals surface area contributed by atoms with Gasteiger partial charge in [-0.05, 0) is 30.7 Å². The molecule has 0 aliphatic carbocycles. The zero-order valence-electron chi connectivity index (χ0n) is 10.9. The number of nitrogens with zero attached hydrogens (tertiary/aromatic N) is 1. The summed E-state index contributed by atoms with van der Waals surface area (Å²) in [6, 6.07) is 9.21. The number of benzene rings is 1. The van der Waals surface area contributed by atoms with E-state index in [0.29, 0.717) is 22.8 Å². The monoisotopic (exact) mass is 305 g/mol. The summed E-state index contributed by atoms with van der Waals surface area (Å²) in [6.45, 7) is 2.51. The number of Topliss-reactive ketones (excluding diaryl/α,β-unsaturated/α-hetero) is 1. The highest BCUT2D eigenvalue weighted by molar-refractivity contribution is 7.12. The van der Waals surface area contributed by atoms with Crippen molar-refractivity contribution >= 4 is 40.3 Å². The number of anilines is 1. The van der Waals surface area contributed by atoms with Gasteiger partial charge in [-0.15, -0.1) is 11.3 Å². The second-order valence-electron chi connectivity index (χ2n) is 4.58. The molecule has 0 saturated heterocycles. The molecule has 1 amide bonds. The Balaban J connectivity index is 1.97. The molecule has 0 bridgehead atoms. The molecular formula is C15H12ClNO2S. The van der Waals surface area contributed by atoms with Gasteiger partial charge in [-0.3, -0.25) is 14.5 Å². The minimum absolute atomic E-state index is 0.325. The largest absolute Gasteiger partial charge is 0.299 e. The van der Waals surface area contributed by atoms with Gasteiger partial charge in [0.2, 0.25) is 0 Å². The number of halogens is 1. The molecule has 20 heavy (non-hydrogen) atoms. The van der Waals surface area contributed by atoms with Crippen LogP contribution in [0.1, 0.15) is 27.0 Å². The number of fused-ring (bicyclic) bond motifs is 1. The van der Waals surface area contributed by atoms with Crippen LogP contribution in [-0.4, -0.2) is 11.7 Å². The van der Waals surface area contributed by atoms with E-state index in [1.807, 2.05) is 6.07 Å². The van der Waals surface area contributed by atoms with E-state index in [2.05, 4.69) is 13.0 Å². The molecule has 102 valence electrons. The number of carbonyl (C=O) groups is 2. The van der Waals surface area contributed by atoms with E-state index >= 15 is 0 Å². The number of aryl methyl sites for hydroxylation is 1. The molecule has 1 aromatic carbocycles. The van der Waals surface area contributed by atoms with Gasteiger partial charge < -0.3 is 0 Å². The summed E-state index contributed by atoms with van der Waals surface area (Å²) >= 11 is 7.69. The fraction of sp³-hybridized carbons (Fsp3) is 0.200. The normalized spacial score (nSPS) is 14.0. The fourth-order valence-corrected chi connectivity index (χ4v) is 3.51. The SMILES string of the molecule is CCc1ccc(CN2C(=O)C(=O)c3c(Cl)cccc32)s1. The number of hydrogen-bond acceptors (Lipinski definition) is 3. The number of carbonyl (C=O) groups excluding carboxylic acids is 2. The molecule has 1 aliphatic heterocycles. The summed E-state index contributed by atoms with van der Waals surface area (Å²) in [5.74, 6) is -1.02. The Morgan fingerprint density at radius 2 is 1.90 bits per heavy atom. The van der Waals surface area contributed by atoms with Crippen molar-refractivity contribution in [3.63, 3.8) is 0 Å². The lowest BCUT2D eigenvalue weighted by atomic mass is 10.1. The summed E-state index contributed by atoms with van der Waals surface area (Å²) in [4.78, 5) is 28.0. The maximum atomic E-state index is 12.1. The lowest BCUT2D eigenvalue weighted by Gasteiger charge is -2.15. The fourth-order valence-electron chi connectivity index (χ4n) is 2.31. The minimum atomic E-state index is -0.516. The van der Waals surface area contributed by atoms with Gasteiger partial charge in [-0.2, -0.15) is 0 Å². The van der Waals surface area contributed by atoms with Crippen LogP contribution in [0.3, 0.4) is 0 Å². The molecule has 2 aromatic rings. The Kier molecular flexibility index (Phi) is 3.36. The molecule has 0 N–H and O–H groups in total. The second-order valence-corrected chi connectivity index (χ2v) is 6.24. The van der Waals surface area contributed by atoms with Crippen LogP contribution in [0.5, 0.6) is 0 Å². The smallest absolute Gasteiger partial charge is 0.299 e. The van der Waals surface area contributed by atoms with Crippen LogP contribution in [0.25, 0.3) is 0 Å². The van der Waals surface area contributed by atoms with Gasteiger partial charge in [0.1, 0.15) is 0 Å². The first-order chi connectivity index (χ1) is 9.61. The molecule has 2 heterocycles. The van der Waals surface area contributed by atoms with Crippen LogP contribution in [0, 0.1) is 0 Å². The molecule has 0 radical (unpaired) electrons. The molecule has 0 saturated carbocycles. The van der Waals surface area contributed by atoms with E-state index in [1.54, 1.807) is 29.5 Å². The molecule has 0 unspecified atom stereocenters. The van der Waals surface area contributed by atoms with Gasteiger partial charge in [-0.25, -0.2) is 0 Å². The van der Waals surface area contributed by atoms with Crippen molar-refractivity contribution in [1.29, 1.82) is 0 Å². The van der Waals surface area contributed by atoms with Crippen LogP contribution in [0.4, 0.5) is 5.69 Å². The summed E-state index contributed by atoms with van der Waals surface area (Å²) in [6.07, 6.45) is 0.972. The van der Waals surface area contributed by atoms with Crippen molar-refractivity contribution < 1.29 is 9.59 Å². The quantitative estimate of drug-likeness (QED) is 0.811. The highest BCUT2D eigenvalue weighted by Crippen LogP contribution is 2.35. The first kappa shape index (κ1) is 13.3. The average molecular weight is 306 g/mol. The van der Waals surface area contributed by atoms with E-state index in [9.17, 15) is 9.59 Å². The van der Waals surface area contributed by atoms with E-state index in [0.717, 1.165) is 11.3 Å². The zero-order chi connectivity index (χ0) is 14.3. The Morgan fingerprint density at radius 1 is 1.15 bits per heavy atom. The summed E-state index contributed by atoms with van der Waals surface area (Å²) in [5.41, 5.74) is 0.936. The van der Waals surface area contributed by atoms with Gasteiger partial charge in [0, 0.05) is 9.75 Å². The Labute approximate surface area is 125 Å². The molecule has 3 rings (SSSR count). The highest BCUT2D eigenvalue weighted by Gasteiger charge is 2.37. The van der Waals surface area contributed by atoms with Gasteiger partial charge in [0.25, 0.3) is 11.7 Å². The van der Waals surface area contributed by atoms with Crippen LogP contribution in [0.15, 0.2) is 30.3 Å². The van der Waals surface area contributed by atoms with E-state index < -0.39 is 11.7 Å². The van der Waals surface area contributed by atoms with Gasteiger partial charge in [0.05, 0.1) is 22.8 Å². The number of rotatable bonds is 3. The average Bonchev–Trinajstić information content (AvgIpc) is 2.99. The number of amides is 1. The lowest BCUT2D eigenvalue weighted by molar-refractivity contribution is -0.114. The molecular weight excluding hydrogens is 294 g/mol. The zero-order valence-corrected chi connectivity index (χ0v) is 12.4. The van der Waals surface area contributed by atoms with Crippen LogP contribution < -0.4 is 4.90 Å². The van der Waals surface area contributed by atoms with E-state index in [-0.39, 0.29) is 0 Å². The van der Waals surface area contributed by atoms with Crippen LogP contribution >= 0.6 is 22.9 Å². The Hall–Kier alpha value is -1.65. The molecule has 1 aromatic heterocycles. The Bertz CT molecular complexity index is 708. The molecule has 0 fully saturated rings. The van der Waals surface area contributed by atoms with Crippen molar-refractivity contribution in [2.75, 3.05) is 4.90 Å². The third-order valence-corrected chi connectivity index (χ3v) is 4.86. The third-order valence-electron chi connectivity index (χ3n) is 3.33. The minimum Gasteiger partial charge on any atom is -0.299 e. The molecule has 1 aliphatic rings. The highest BCUT2D eigenvalue weighted by atomic mass is 35.5. The third kappa shape index (κ3) is 2.05. The number of hydrogen-bond donors (Lipinski definition) is 0. The first-order valence-corrected chi connectivity index (χ1v) is 7.53. The summed E-state index contributed by atoms with van der Waals surface area (Å²) in [5, 5.41) is 0.337. The topological polar surface area (TPSA) is 37.4 Å². The summed E-state index contributed by atoms with van der Waals surface area (Å²) in [7, 11) is 0. The van der Waals surface area contributed by atoms with Crippen molar-refractivity contribution in [2.45, 2.75) is 19.9 Å². The van der Waals surface area contributed by atoms with Crippen LogP contribution in [0.2, 0.25) is 5.02 Å². The van der Waals surface area contributed by atoms with Crippen LogP contribution in [-0.2, 0) is 17.8 Å². The van der Waals surface area contributed by atoms with Crippen molar-refractivity contribution in [2.24, 2.45) is 0 Å². The molecule has 3 nitrogen and oxygen atoms in total. The predicted molar refractivity (Wildman–Crippen MR) is 80.7 cm³/mol. The molecule has 5 heteroatoms. The second kappa shape index (κ2) is 5.04. The molecule has 0 spiro atoms. The standard InChI is InChI=1S/C15H12ClNO2S/c1-2-9-6-7-10(20-9)8-17-12-5-3-4-11(16)13(12)14(18)15(17)19/h3-7H,2,8H2,1H3. The Morgan fingerprint density at radius 3 is 2.60 bits per heavy atom. The van der Waals surface area contributed by atoms with Crippen molar-refractivity contribution in [1.82, 2.24) is 0 Å². The predicted octanol–water partition coefficient (Wildman–Crippen LogP) is 3.69. The maximum absolute atomic E-state index is 12.1. The summed E-state index contributed by atoms with van der Waals surface area (Å²) < 4.78 is 0. The van der Waals surface area contributed by atoms with E-state index in [4.69, 9.17) is 11.6 Å². The first-order valence-electron chi connectivity index (χ1n) is 6.34. The number of ketones is 1.